The fraction of sp³-hybridized carbons (Fsp3) is 0.522. The van der Waals surface area contributed by atoms with Crippen molar-refractivity contribution in [3.8, 4) is 5.75 Å². The van der Waals surface area contributed by atoms with E-state index in [2.05, 4.69) is 0 Å². The molecule has 1 radical (unpaired) electrons. The topological polar surface area (TPSA) is 205 Å². The Balaban J connectivity index is 0.0000137. The van der Waals surface area contributed by atoms with Gasteiger partial charge in [0, 0.05) is 55.2 Å². The summed E-state index contributed by atoms with van der Waals surface area (Å²) in [6, 6.07) is 6.14. The second kappa shape index (κ2) is 18.5. The van der Waals surface area contributed by atoms with E-state index in [1.54, 1.807) is 24.3 Å². The van der Waals surface area contributed by atoms with Crippen LogP contribution in [0.15, 0.2) is 24.3 Å². The molecule has 1 unspecified atom stereocenters. The maximum atomic E-state index is 11.5. The molecule has 1 rings (SSSR count). The van der Waals surface area contributed by atoms with Gasteiger partial charge in [0.2, 0.25) is 0 Å². The number of benzene rings is 1. The standard InChI is InChI=1S/C23H33N3O11.Na/c1-2-37-18-5-3-16(4-6-18)9-17(26(14-22(33)34)15-23(35)36)10-24(11-19(27)28)7-8-25(12-20(29)30)13-21(31)32;/h3-6,17H,2,7-15H2,1H3,(H,27,28)(H,29,30)(H,31,32)(H,33,34)(H,35,36);. The van der Waals surface area contributed by atoms with E-state index in [-0.39, 0.29) is 55.6 Å². The summed E-state index contributed by atoms with van der Waals surface area (Å²) in [6.45, 7) is -0.837. The van der Waals surface area contributed by atoms with Crippen LogP contribution in [0.1, 0.15) is 12.5 Å². The minimum Gasteiger partial charge on any atom is -0.494 e. The molecule has 0 spiro atoms. The SMILES string of the molecule is CCOc1ccc(CC(CN(CCN(CC(=O)O)CC(=O)O)CC(=O)O)N(CC(=O)O)CC(=O)O)cc1.[Na]. The van der Waals surface area contributed by atoms with Crippen molar-refractivity contribution < 1.29 is 54.2 Å². The summed E-state index contributed by atoms with van der Waals surface area (Å²) >= 11 is 0. The van der Waals surface area contributed by atoms with E-state index in [1.165, 1.54) is 9.80 Å². The molecule has 207 valence electrons. The van der Waals surface area contributed by atoms with E-state index in [0.29, 0.717) is 12.4 Å². The molecule has 38 heavy (non-hydrogen) atoms. The quantitative estimate of drug-likeness (QED) is 0.123. The van der Waals surface area contributed by atoms with E-state index in [4.69, 9.17) is 14.9 Å². The van der Waals surface area contributed by atoms with Crippen LogP contribution in [0.25, 0.3) is 0 Å². The summed E-state index contributed by atoms with van der Waals surface area (Å²) in [7, 11) is 0. The van der Waals surface area contributed by atoms with Crippen LogP contribution in [-0.2, 0) is 30.4 Å². The molecule has 1 atom stereocenters. The van der Waals surface area contributed by atoms with Gasteiger partial charge in [-0.3, -0.25) is 38.7 Å². The molecular weight excluding hydrogens is 517 g/mol. The molecule has 0 fully saturated rings. The van der Waals surface area contributed by atoms with Gasteiger partial charge in [0.15, 0.2) is 0 Å². The maximum Gasteiger partial charge on any atom is 0.317 e. The number of carboxylic acid groups (broad SMARTS) is 5. The van der Waals surface area contributed by atoms with Crippen molar-refractivity contribution in [1.82, 2.24) is 14.7 Å². The van der Waals surface area contributed by atoms with Crippen LogP contribution in [0.5, 0.6) is 5.75 Å². The van der Waals surface area contributed by atoms with Gasteiger partial charge in [-0.05, 0) is 31.0 Å². The monoisotopic (exact) mass is 550 g/mol. The fourth-order valence-corrected chi connectivity index (χ4v) is 3.73. The molecule has 5 N–H and O–H groups in total. The second-order valence-corrected chi connectivity index (χ2v) is 8.25. The molecule has 14 nitrogen and oxygen atoms in total. The Morgan fingerprint density at radius 1 is 0.711 bits per heavy atom. The molecule has 15 heteroatoms. The van der Waals surface area contributed by atoms with Crippen LogP contribution in [0.2, 0.25) is 0 Å². The molecule has 0 heterocycles. The molecule has 0 aliphatic heterocycles. The van der Waals surface area contributed by atoms with Gasteiger partial charge in [0.1, 0.15) is 5.75 Å². The van der Waals surface area contributed by atoms with Crippen molar-refractivity contribution in [2.45, 2.75) is 19.4 Å². The number of hydrogen-bond donors (Lipinski definition) is 5. The predicted octanol–water partition coefficient (Wildman–Crippen LogP) is -1.06. The van der Waals surface area contributed by atoms with Crippen molar-refractivity contribution in [3.63, 3.8) is 0 Å². The Morgan fingerprint density at radius 3 is 1.55 bits per heavy atom. The third kappa shape index (κ3) is 15.5. The second-order valence-electron chi connectivity index (χ2n) is 8.25. The van der Waals surface area contributed by atoms with Crippen LogP contribution in [0.4, 0.5) is 0 Å². The molecule has 1 aromatic rings. The Morgan fingerprint density at radius 2 is 1.13 bits per heavy atom. The predicted molar refractivity (Wildman–Crippen MR) is 133 cm³/mol. The minimum atomic E-state index is -1.27. The zero-order chi connectivity index (χ0) is 28.0. The summed E-state index contributed by atoms with van der Waals surface area (Å²) in [6.07, 6.45) is 0.178. The Hall–Kier alpha value is -2.75. The Bertz CT molecular complexity index is 898. The van der Waals surface area contributed by atoms with Gasteiger partial charge < -0.3 is 30.3 Å². The average molecular weight is 551 g/mol. The fourth-order valence-electron chi connectivity index (χ4n) is 3.73. The number of aliphatic carboxylic acids is 5. The molecule has 1 aromatic carbocycles. The summed E-state index contributed by atoms with van der Waals surface area (Å²) in [5, 5.41) is 46.2. The first kappa shape index (κ1) is 35.2. The van der Waals surface area contributed by atoms with Crippen molar-refractivity contribution in [1.29, 1.82) is 0 Å². The largest absolute Gasteiger partial charge is 0.494 e. The van der Waals surface area contributed by atoms with Gasteiger partial charge >= 0.3 is 29.8 Å². The number of nitrogens with zero attached hydrogens (tertiary/aromatic N) is 3. The summed E-state index contributed by atoms with van der Waals surface area (Å²) in [5.74, 6) is -5.65. The zero-order valence-corrected chi connectivity index (χ0v) is 23.5. The van der Waals surface area contributed by atoms with Crippen molar-refractivity contribution >= 4 is 59.4 Å². The van der Waals surface area contributed by atoms with Crippen molar-refractivity contribution in [2.24, 2.45) is 0 Å². The number of rotatable bonds is 20. The first-order valence-corrected chi connectivity index (χ1v) is 11.4. The van der Waals surface area contributed by atoms with E-state index in [0.717, 1.165) is 10.5 Å². The smallest absolute Gasteiger partial charge is 0.317 e. The molecule has 0 aliphatic carbocycles. The third-order valence-corrected chi connectivity index (χ3v) is 5.18. The number of carboxylic acids is 5. The van der Waals surface area contributed by atoms with Crippen molar-refractivity contribution in [3.05, 3.63) is 29.8 Å². The molecule has 0 saturated heterocycles. The van der Waals surface area contributed by atoms with Crippen LogP contribution in [0, 0.1) is 0 Å². The third-order valence-electron chi connectivity index (χ3n) is 5.18. The van der Waals surface area contributed by atoms with Crippen LogP contribution < -0.4 is 4.74 Å². The molecular formula is C23H33N3NaO11. The molecule has 0 bridgehead atoms. The Labute approximate surface area is 241 Å². The van der Waals surface area contributed by atoms with E-state index in [1.807, 2.05) is 6.92 Å². The summed E-state index contributed by atoms with van der Waals surface area (Å²) in [5.41, 5.74) is 0.725. The van der Waals surface area contributed by atoms with Crippen molar-refractivity contribution in [2.75, 3.05) is 59.0 Å². The number of carbonyl (C=O) groups is 5. The molecule has 0 aromatic heterocycles. The molecule has 0 amide bonds. The van der Waals surface area contributed by atoms with Crippen LogP contribution in [0.3, 0.4) is 0 Å². The first-order chi connectivity index (χ1) is 17.4. The molecule has 0 aliphatic rings. The van der Waals surface area contributed by atoms with Gasteiger partial charge in [-0.2, -0.15) is 0 Å². The first-order valence-electron chi connectivity index (χ1n) is 11.4. The van der Waals surface area contributed by atoms with Crippen LogP contribution in [-0.4, -0.2) is 165 Å². The van der Waals surface area contributed by atoms with E-state index < -0.39 is 68.6 Å². The van der Waals surface area contributed by atoms with Gasteiger partial charge in [-0.25, -0.2) is 0 Å². The zero-order valence-electron chi connectivity index (χ0n) is 21.5. The number of ether oxygens (including phenoxy) is 1. The average Bonchev–Trinajstić information content (AvgIpc) is 2.76. The summed E-state index contributed by atoms with van der Waals surface area (Å²) in [4.78, 5) is 60.4. The van der Waals surface area contributed by atoms with Gasteiger partial charge in [0.25, 0.3) is 0 Å². The summed E-state index contributed by atoms with van der Waals surface area (Å²) < 4.78 is 5.41. The normalized spacial score (nSPS) is 11.7. The van der Waals surface area contributed by atoms with Gasteiger partial charge in [0.05, 0.1) is 39.3 Å². The van der Waals surface area contributed by atoms with E-state index >= 15 is 0 Å². The maximum absolute atomic E-state index is 11.5. The van der Waals surface area contributed by atoms with Crippen LogP contribution >= 0.6 is 0 Å². The number of hydrogen-bond acceptors (Lipinski definition) is 9. The molecule has 0 saturated carbocycles. The Kier molecular flexibility index (Phi) is 17.2. The van der Waals surface area contributed by atoms with Gasteiger partial charge in [-0.15, -0.1) is 0 Å². The van der Waals surface area contributed by atoms with E-state index in [9.17, 15) is 39.3 Å². The minimum absolute atomic E-state index is 0. The van der Waals surface area contributed by atoms with Gasteiger partial charge in [-0.1, -0.05) is 12.1 Å².